The monoisotopic (exact) mass is 409 g/mol. The van der Waals surface area contributed by atoms with Gasteiger partial charge in [-0.05, 0) is 38.6 Å². The molecule has 3 saturated heterocycles. The molecule has 3 aliphatic heterocycles. The lowest BCUT2D eigenvalue weighted by Gasteiger charge is -2.45. The first-order valence-corrected chi connectivity index (χ1v) is 11.7. The van der Waals surface area contributed by atoms with E-state index in [-0.39, 0.29) is 18.1 Å². The van der Waals surface area contributed by atoms with Crippen molar-refractivity contribution in [3.63, 3.8) is 0 Å². The van der Waals surface area contributed by atoms with Gasteiger partial charge in [0, 0.05) is 45.3 Å². The summed E-state index contributed by atoms with van der Waals surface area (Å²) in [5.74, 6) is 0.978. The number of nitrogens with zero attached hydrogens (tertiary/aromatic N) is 3. The minimum atomic E-state index is -0.422. The minimum absolute atomic E-state index is 0.00272. The Bertz CT molecular complexity index is 534. The molecule has 0 aromatic rings. The molecule has 1 aliphatic carbocycles. The Balaban J connectivity index is 1.33. The Kier molecular flexibility index (Phi) is 7.45. The second kappa shape index (κ2) is 10.1. The summed E-state index contributed by atoms with van der Waals surface area (Å²) >= 11 is 0. The van der Waals surface area contributed by atoms with E-state index in [0.717, 1.165) is 51.5 Å². The Hall–Kier alpha value is -0.730. The molecule has 0 aromatic carbocycles. The normalized spacial score (nSPS) is 35.9. The summed E-state index contributed by atoms with van der Waals surface area (Å²) in [5.41, 5.74) is 0. The van der Waals surface area contributed by atoms with E-state index in [1.807, 2.05) is 4.90 Å². The number of carbonyl (C=O) groups is 1. The molecule has 0 spiro atoms. The van der Waals surface area contributed by atoms with Crippen molar-refractivity contribution in [1.29, 1.82) is 0 Å². The van der Waals surface area contributed by atoms with Gasteiger partial charge in [0.15, 0.2) is 0 Å². The summed E-state index contributed by atoms with van der Waals surface area (Å²) in [6, 6.07) is 0.292. The molecular weight excluding hydrogens is 370 g/mol. The van der Waals surface area contributed by atoms with Crippen molar-refractivity contribution in [1.82, 2.24) is 14.7 Å². The zero-order valence-corrected chi connectivity index (χ0v) is 18.0. The number of ether oxygens (including phenoxy) is 2. The third-order valence-corrected chi connectivity index (χ3v) is 7.31. The standard InChI is InChI=1S/C22H39N3O4/c1-23-8-10-24(11-9-23)22(27)12-19-6-7-20-21(29-19)16-28-15-18(26)14-25(20)13-17-4-2-3-5-17/h17-21,26H,2-16H2,1H3/t18-,19+,20+,21-/m1/s1. The van der Waals surface area contributed by atoms with Crippen LogP contribution in [0.2, 0.25) is 0 Å². The first kappa shape index (κ1) is 21.5. The van der Waals surface area contributed by atoms with Gasteiger partial charge in [-0.3, -0.25) is 9.69 Å². The molecule has 0 aromatic heterocycles. The smallest absolute Gasteiger partial charge is 0.225 e. The number of aliphatic hydroxyl groups is 1. The molecule has 4 fully saturated rings. The van der Waals surface area contributed by atoms with E-state index in [9.17, 15) is 9.90 Å². The summed E-state index contributed by atoms with van der Waals surface area (Å²) in [5, 5.41) is 10.3. The highest BCUT2D eigenvalue weighted by molar-refractivity contribution is 5.76. The fourth-order valence-corrected chi connectivity index (χ4v) is 5.56. The maximum Gasteiger partial charge on any atom is 0.225 e. The first-order valence-electron chi connectivity index (χ1n) is 11.7. The molecule has 0 unspecified atom stereocenters. The van der Waals surface area contributed by atoms with Crippen molar-refractivity contribution in [2.24, 2.45) is 5.92 Å². The Morgan fingerprint density at radius 1 is 1.03 bits per heavy atom. The topological polar surface area (TPSA) is 65.5 Å². The summed E-state index contributed by atoms with van der Waals surface area (Å²) < 4.78 is 12.2. The maximum atomic E-state index is 12.7. The van der Waals surface area contributed by atoms with Gasteiger partial charge in [-0.15, -0.1) is 0 Å². The lowest BCUT2D eigenvalue weighted by atomic mass is 9.93. The van der Waals surface area contributed by atoms with Crippen LogP contribution in [0.5, 0.6) is 0 Å². The first-order chi connectivity index (χ1) is 14.1. The summed E-state index contributed by atoms with van der Waals surface area (Å²) in [6.45, 7) is 6.18. The molecule has 3 heterocycles. The zero-order chi connectivity index (χ0) is 20.2. The number of β-amino-alcohol motifs (C(OH)–C–C–N with tert-alkyl or cyclic N) is 1. The summed E-state index contributed by atoms with van der Waals surface area (Å²) in [7, 11) is 2.11. The van der Waals surface area contributed by atoms with E-state index in [4.69, 9.17) is 9.47 Å². The van der Waals surface area contributed by atoms with Crippen LogP contribution in [0.1, 0.15) is 44.9 Å². The van der Waals surface area contributed by atoms with E-state index in [1.54, 1.807) is 0 Å². The number of amides is 1. The number of piperazine rings is 1. The molecule has 7 nitrogen and oxygen atoms in total. The van der Waals surface area contributed by atoms with Crippen molar-refractivity contribution in [3.8, 4) is 0 Å². The molecule has 29 heavy (non-hydrogen) atoms. The number of aliphatic hydroxyl groups excluding tert-OH is 1. The number of likely N-dealkylation sites (N-methyl/N-ethyl adjacent to an activating group) is 1. The summed E-state index contributed by atoms with van der Waals surface area (Å²) in [6.07, 6.45) is 7.29. The lowest BCUT2D eigenvalue weighted by Crippen LogP contribution is -2.57. The van der Waals surface area contributed by atoms with Crippen LogP contribution in [-0.2, 0) is 14.3 Å². The fourth-order valence-electron chi connectivity index (χ4n) is 5.56. The number of hydrogen-bond donors (Lipinski definition) is 1. The SMILES string of the molecule is CN1CCN(C(=O)C[C@@H]2CC[C@H]3[C@@H](COC[C@H](O)CN3CC3CCCC3)O2)CC1. The van der Waals surface area contributed by atoms with E-state index in [1.165, 1.54) is 25.7 Å². The van der Waals surface area contributed by atoms with Crippen LogP contribution in [0.3, 0.4) is 0 Å². The quantitative estimate of drug-likeness (QED) is 0.746. The second-order valence-electron chi connectivity index (χ2n) is 9.63. The average Bonchev–Trinajstić information content (AvgIpc) is 3.20. The van der Waals surface area contributed by atoms with Gasteiger partial charge < -0.3 is 24.4 Å². The van der Waals surface area contributed by atoms with Crippen LogP contribution < -0.4 is 0 Å². The zero-order valence-electron chi connectivity index (χ0n) is 18.0. The Labute approximate surface area is 175 Å². The average molecular weight is 410 g/mol. The van der Waals surface area contributed by atoms with E-state index in [2.05, 4.69) is 16.8 Å². The third kappa shape index (κ3) is 5.70. The highest BCUT2D eigenvalue weighted by Crippen LogP contribution is 2.31. The molecule has 4 rings (SSSR count). The van der Waals surface area contributed by atoms with Gasteiger partial charge >= 0.3 is 0 Å². The van der Waals surface area contributed by atoms with Gasteiger partial charge in [0.1, 0.15) is 0 Å². The molecule has 1 saturated carbocycles. The summed E-state index contributed by atoms with van der Waals surface area (Å²) in [4.78, 5) is 19.5. The molecule has 4 atom stereocenters. The van der Waals surface area contributed by atoms with Gasteiger partial charge in [-0.25, -0.2) is 0 Å². The molecular formula is C22H39N3O4. The minimum Gasteiger partial charge on any atom is -0.389 e. The van der Waals surface area contributed by atoms with Crippen molar-refractivity contribution in [3.05, 3.63) is 0 Å². The molecule has 1 amide bonds. The van der Waals surface area contributed by atoms with Gasteiger partial charge in [0.05, 0.1) is 37.9 Å². The Morgan fingerprint density at radius 2 is 1.79 bits per heavy atom. The molecule has 0 bridgehead atoms. The number of fused-ring (bicyclic) bond motifs is 1. The maximum absolute atomic E-state index is 12.7. The fraction of sp³-hybridized carbons (Fsp3) is 0.955. The molecule has 4 aliphatic rings. The molecule has 1 N–H and O–H groups in total. The number of hydrogen-bond acceptors (Lipinski definition) is 6. The highest BCUT2D eigenvalue weighted by atomic mass is 16.5. The van der Waals surface area contributed by atoms with E-state index < -0.39 is 6.10 Å². The highest BCUT2D eigenvalue weighted by Gasteiger charge is 2.39. The molecule has 7 heteroatoms. The predicted molar refractivity (Wildman–Crippen MR) is 111 cm³/mol. The lowest BCUT2D eigenvalue weighted by molar-refractivity contribution is -0.161. The largest absolute Gasteiger partial charge is 0.389 e. The van der Waals surface area contributed by atoms with Crippen LogP contribution in [0.25, 0.3) is 0 Å². The van der Waals surface area contributed by atoms with Gasteiger partial charge in [-0.2, -0.15) is 0 Å². The predicted octanol–water partition coefficient (Wildman–Crippen LogP) is 0.950. The van der Waals surface area contributed by atoms with E-state index >= 15 is 0 Å². The second-order valence-corrected chi connectivity index (χ2v) is 9.63. The third-order valence-electron chi connectivity index (χ3n) is 7.31. The van der Waals surface area contributed by atoms with E-state index in [0.29, 0.717) is 32.2 Å². The van der Waals surface area contributed by atoms with Gasteiger partial charge in [-0.1, -0.05) is 12.8 Å². The van der Waals surface area contributed by atoms with Crippen LogP contribution >= 0.6 is 0 Å². The molecule has 0 radical (unpaired) electrons. The van der Waals surface area contributed by atoms with Crippen molar-refractivity contribution >= 4 is 5.91 Å². The van der Waals surface area contributed by atoms with Crippen molar-refractivity contribution in [2.75, 3.05) is 59.5 Å². The van der Waals surface area contributed by atoms with Crippen LogP contribution in [0, 0.1) is 5.92 Å². The van der Waals surface area contributed by atoms with Crippen LogP contribution in [-0.4, -0.2) is 110 Å². The van der Waals surface area contributed by atoms with Gasteiger partial charge in [0.25, 0.3) is 0 Å². The van der Waals surface area contributed by atoms with Crippen molar-refractivity contribution < 1.29 is 19.4 Å². The van der Waals surface area contributed by atoms with Gasteiger partial charge in [0.2, 0.25) is 5.91 Å². The van der Waals surface area contributed by atoms with Crippen LogP contribution in [0.15, 0.2) is 0 Å². The van der Waals surface area contributed by atoms with Crippen LogP contribution in [0.4, 0.5) is 0 Å². The molecule has 166 valence electrons. The van der Waals surface area contributed by atoms with Crippen molar-refractivity contribution in [2.45, 2.75) is 69.3 Å². The number of rotatable bonds is 4. The number of carbonyl (C=O) groups excluding carboxylic acids is 1. The Morgan fingerprint density at radius 3 is 2.55 bits per heavy atom.